The SMILES string of the molecule is CC(C)Oc1nc(-c2ccc(Br)cn2)nn1COCC[Si](C)(C)C.Cc1cc(OCC2(C(=O)OCc3ccccc3)CC2)ncc1-c1ccc(-c2nc(OC(C)C)n(COCC[Si](C)(C)C)n2)nc1.Cc1cc(OCC2(C(=O)OCc3ccccc3)CC2)ncc1B1OC(C)(C)C(C)(C)O1. The van der Waals surface area contributed by atoms with Crippen LogP contribution in [0.3, 0.4) is 0 Å². The van der Waals surface area contributed by atoms with Crippen LogP contribution in [0.2, 0.25) is 51.4 Å². The molecule has 0 bridgehead atoms. The lowest BCUT2D eigenvalue weighted by molar-refractivity contribution is -0.153. The summed E-state index contributed by atoms with van der Waals surface area (Å²) in [6.45, 7) is 36.9. The lowest BCUT2D eigenvalue weighted by Gasteiger charge is -2.32. The Kier molecular flexibility index (Phi) is 25.5. The number of pyridine rings is 4. The average Bonchev–Trinajstić information content (AvgIpc) is 1.61. The van der Waals surface area contributed by atoms with Crippen molar-refractivity contribution in [1.82, 2.24) is 49.5 Å². The van der Waals surface area contributed by atoms with E-state index < -0.39 is 45.3 Å². The molecule has 1 saturated heterocycles. The van der Waals surface area contributed by atoms with E-state index in [9.17, 15) is 9.59 Å². The van der Waals surface area contributed by atoms with E-state index in [0.29, 0.717) is 60.2 Å². The van der Waals surface area contributed by atoms with Gasteiger partial charge in [0.05, 0.1) is 23.4 Å². The quantitative estimate of drug-likeness (QED) is 0.0231. The number of aromatic nitrogens is 10. The summed E-state index contributed by atoms with van der Waals surface area (Å²) in [5, 5.41) is 9.11. The zero-order valence-electron chi connectivity index (χ0n) is 60.9. The highest BCUT2D eigenvalue weighted by Crippen LogP contribution is 2.48. The monoisotopic (exact) mass is 1460 g/mol. The first-order valence-corrected chi connectivity index (χ1v) is 42.5. The van der Waals surface area contributed by atoms with Crippen molar-refractivity contribution in [2.24, 2.45) is 10.8 Å². The molecular weight excluding hydrogens is 1370 g/mol. The van der Waals surface area contributed by atoms with E-state index in [1.54, 1.807) is 34.2 Å². The molecule has 0 radical (unpaired) electrons. The average molecular weight is 1470 g/mol. The Morgan fingerprint density at radius 1 is 0.570 bits per heavy atom. The van der Waals surface area contributed by atoms with Crippen LogP contribution in [-0.4, -0.2) is 135 Å². The number of benzene rings is 2. The molecule has 7 heterocycles. The van der Waals surface area contributed by atoms with Gasteiger partial charge in [-0.2, -0.15) is 19.3 Å². The van der Waals surface area contributed by atoms with E-state index in [-0.39, 0.29) is 57.3 Å². The number of rotatable bonds is 30. The number of carbonyl (C=O) groups is 2. The summed E-state index contributed by atoms with van der Waals surface area (Å²) in [5.74, 6) is 1.54. The molecule has 1 aliphatic heterocycles. The van der Waals surface area contributed by atoms with Crippen molar-refractivity contribution in [3.8, 4) is 57.9 Å². The smallest absolute Gasteiger partial charge is 0.476 e. The van der Waals surface area contributed by atoms with Gasteiger partial charge in [-0.05, 0) is 163 Å². The molecule has 100 heavy (non-hydrogen) atoms. The Bertz CT molecular complexity index is 3960. The van der Waals surface area contributed by atoms with Gasteiger partial charge in [0.15, 0.2) is 0 Å². The van der Waals surface area contributed by atoms with Crippen LogP contribution in [0, 0.1) is 24.7 Å². The van der Waals surface area contributed by atoms with Crippen molar-refractivity contribution in [2.45, 2.75) is 196 Å². The van der Waals surface area contributed by atoms with Crippen molar-refractivity contribution < 1.29 is 56.8 Å². The standard InChI is InChI=1S/C34H43N5O5Si.C24H30BNO5.C16H25BrN4O2Si/c1-24(2)44-33-37-31(38-39(33)23-41-16-17-45(4,5)6)29-13-12-27(19-35-29)28-20-36-30(18-25(28)3)43-22-34(14-15-34)32(40)42-21-26-10-8-7-9-11-26;1-17-13-20(26-14-19(17)25-30-22(2,3)23(4,5)31-25)29-16-24(11-12-24)21(27)28-15-18-9-7-6-8-10-18;1-12(2)23-16-19-15(14-7-6-13(17)10-18-14)20-21(16)11-22-8-9-24(3,4)5/h7-13,18-20,24H,14-17,21-23H2,1-6H3;6-10,13-14H,11-12,15-16H2,1-5H3;6-7,10,12H,8-9,11H2,1-5H3. The van der Waals surface area contributed by atoms with E-state index in [0.717, 1.165) is 87.7 Å². The van der Waals surface area contributed by atoms with Crippen LogP contribution in [0.5, 0.6) is 23.8 Å². The van der Waals surface area contributed by atoms with Crippen molar-refractivity contribution in [3.05, 3.63) is 149 Å². The van der Waals surface area contributed by atoms with Gasteiger partial charge in [-0.25, -0.2) is 9.97 Å². The molecule has 2 saturated carbocycles. The summed E-state index contributed by atoms with van der Waals surface area (Å²) >= 11 is 3.38. The minimum Gasteiger partial charge on any atom is -0.476 e. The van der Waals surface area contributed by atoms with Gasteiger partial charge in [-0.1, -0.05) is 106 Å². The van der Waals surface area contributed by atoms with Crippen LogP contribution in [0.4, 0.5) is 0 Å². The second kappa shape index (κ2) is 33.4. The van der Waals surface area contributed by atoms with Crippen LogP contribution in [-0.2, 0) is 64.5 Å². The molecule has 0 spiro atoms. The molecule has 2 aromatic carbocycles. The maximum Gasteiger partial charge on any atom is 0.496 e. The normalized spacial score (nSPS) is 15.4. The van der Waals surface area contributed by atoms with E-state index in [2.05, 4.69) is 95.3 Å². The van der Waals surface area contributed by atoms with Crippen LogP contribution < -0.4 is 24.4 Å². The van der Waals surface area contributed by atoms with Gasteiger partial charge in [-0.3, -0.25) is 19.6 Å². The summed E-state index contributed by atoms with van der Waals surface area (Å²) < 4.78 is 62.8. The predicted octanol–water partition coefficient (Wildman–Crippen LogP) is 14.5. The van der Waals surface area contributed by atoms with Crippen molar-refractivity contribution in [1.29, 1.82) is 0 Å². The highest BCUT2D eigenvalue weighted by atomic mass is 79.9. The molecular formula is C74H98BBrN10O12Si2. The minimum atomic E-state index is -1.19. The maximum absolute atomic E-state index is 12.8. The lowest BCUT2D eigenvalue weighted by Crippen LogP contribution is -2.41. The predicted molar refractivity (Wildman–Crippen MR) is 393 cm³/mol. The Hall–Kier alpha value is -7.72. The molecule has 0 amide bonds. The second-order valence-electron chi connectivity index (χ2n) is 29.8. The summed E-state index contributed by atoms with van der Waals surface area (Å²) in [7, 11) is -2.76. The van der Waals surface area contributed by atoms with Crippen LogP contribution in [0.1, 0.15) is 103 Å². The third-order valence-corrected chi connectivity index (χ3v) is 21.2. The lowest BCUT2D eigenvalue weighted by atomic mass is 9.77. The Balaban J connectivity index is 0.000000185. The maximum atomic E-state index is 12.8. The van der Waals surface area contributed by atoms with Crippen LogP contribution in [0.25, 0.3) is 34.2 Å². The van der Waals surface area contributed by atoms with Crippen LogP contribution in [0.15, 0.2) is 126 Å². The topological polar surface area (TPSA) is 239 Å². The minimum absolute atomic E-state index is 0.0145. The Labute approximate surface area is 599 Å². The number of ether oxygens (including phenoxy) is 8. The van der Waals surface area contributed by atoms with Crippen molar-refractivity contribution >= 4 is 56.6 Å². The summed E-state index contributed by atoms with van der Waals surface area (Å²) in [4.78, 5) is 52.3. The highest BCUT2D eigenvalue weighted by molar-refractivity contribution is 9.10. The molecule has 8 aromatic rings. The van der Waals surface area contributed by atoms with E-state index >= 15 is 0 Å². The van der Waals surface area contributed by atoms with Crippen molar-refractivity contribution in [3.63, 3.8) is 0 Å². The van der Waals surface area contributed by atoms with E-state index in [1.807, 2.05) is 166 Å². The third-order valence-electron chi connectivity index (χ3n) is 17.3. The third kappa shape index (κ3) is 21.9. The summed E-state index contributed by atoms with van der Waals surface area (Å²) in [6, 6.07) is 33.8. The fraction of sp³-hybridized carbons (Fsp3) is 0.486. The van der Waals surface area contributed by atoms with Gasteiger partial charge in [0.1, 0.15) is 62.1 Å². The number of esters is 2. The number of nitrogens with zero attached hydrogens (tertiary/aromatic N) is 10. The largest absolute Gasteiger partial charge is 0.496 e. The molecule has 6 aromatic heterocycles. The van der Waals surface area contributed by atoms with Gasteiger partial charge in [-0.15, -0.1) is 10.2 Å². The number of carbonyl (C=O) groups excluding carboxylic acids is 2. The zero-order chi connectivity index (χ0) is 72.0. The number of aryl methyl sites for hydroxylation is 2. The zero-order valence-corrected chi connectivity index (χ0v) is 64.5. The molecule has 2 aliphatic carbocycles. The molecule has 3 fully saturated rings. The number of halogens is 1. The fourth-order valence-corrected chi connectivity index (χ4v) is 11.7. The van der Waals surface area contributed by atoms with Gasteiger partial charge in [0, 0.05) is 87.3 Å². The van der Waals surface area contributed by atoms with Crippen molar-refractivity contribution in [2.75, 3.05) is 26.4 Å². The van der Waals surface area contributed by atoms with Crippen LogP contribution >= 0.6 is 15.9 Å². The molecule has 22 nitrogen and oxygen atoms in total. The first-order valence-electron chi connectivity index (χ1n) is 34.3. The number of hydrogen-bond donors (Lipinski definition) is 0. The second-order valence-corrected chi connectivity index (χ2v) is 42.0. The Morgan fingerprint density at radius 2 is 1.01 bits per heavy atom. The molecule has 534 valence electrons. The molecule has 0 N–H and O–H groups in total. The number of hydrogen-bond acceptors (Lipinski definition) is 20. The molecule has 26 heteroatoms. The van der Waals surface area contributed by atoms with E-state index in [4.69, 9.17) is 47.2 Å². The first-order chi connectivity index (χ1) is 47.4. The Morgan fingerprint density at radius 3 is 1.40 bits per heavy atom. The fourth-order valence-electron chi connectivity index (χ4n) is 9.93. The van der Waals surface area contributed by atoms with Gasteiger partial charge in [0.25, 0.3) is 0 Å². The molecule has 0 atom stereocenters. The van der Waals surface area contributed by atoms with Gasteiger partial charge < -0.3 is 47.2 Å². The molecule has 11 rings (SSSR count). The van der Waals surface area contributed by atoms with Gasteiger partial charge in [0.2, 0.25) is 23.4 Å². The molecule has 3 aliphatic rings. The summed E-state index contributed by atoms with van der Waals surface area (Å²) in [5.41, 5.74) is 5.99. The highest BCUT2D eigenvalue weighted by Gasteiger charge is 2.54. The van der Waals surface area contributed by atoms with E-state index in [1.165, 1.54) is 0 Å². The van der Waals surface area contributed by atoms with Gasteiger partial charge >= 0.3 is 31.1 Å². The summed E-state index contributed by atoms with van der Waals surface area (Å²) in [6.07, 6.45) is 10.0. The molecule has 0 unspecified atom stereocenters. The first kappa shape index (κ1) is 76.5.